The van der Waals surface area contributed by atoms with Gasteiger partial charge in [-0.25, -0.2) is 0 Å². The van der Waals surface area contributed by atoms with E-state index in [0.29, 0.717) is 34.8 Å². The van der Waals surface area contributed by atoms with Gasteiger partial charge in [0.15, 0.2) is 5.75 Å². The van der Waals surface area contributed by atoms with E-state index in [1.54, 1.807) is 12.1 Å². The molecule has 162 valence electrons. The summed E-state index contributed by atoms with van der Waals surface area (Å²) in [6.07, 6.45) is 5.52. The third kappa shape index (κ3) is 8.92. The van der Waals surface area contributed by atoms with Gasteiger partial charge in [-0.05, 0) is 55.2 Å². The Hall–Kier alpha value is -1.79. The summed E-state index contributed by atoms with van der Waals surface area (Å²) in [5.41, 5.74) is 0.801. The van der Waals surface area contributed by atoms with Crippen LogP contribution in [0.25, 0.3) is 0 Å². The van der Waals surface area contributed by atoms with Crippen LogP contribution >= 0.6 is 46.4 Å². The van der Waals surface area contributed by atoms with E-state index in [4.69, 9.17) is 65.8 Å². The number of hydrogen-bond donors (Lipinski definition) is 1. The Kier molecular flexibility index (Phi) is 11.0. The Morgan fingerprint density at radius 3 is 2.10 bits per heavy atom. The van der Waals surface area contributed by atoms with E-state index < -0.39 is 0 Å². The Bertz CT molecular complexity index is 830. The van der Waals surface area contributed by atoms with Gasteiger partial charge >= 0.3 is 0 Å². The molecule has 1 N–H and O–H groups in total. The zero-order valence-corrected chi connectivity index (χ0v) is 19.0. The number of halogens is 4. The van der Waals surface area contributed by atoms with E-state index in [1.165, 1.54) is 12.3 Å². The van der Waals surface area contributed by atoms with Crippen LogP contribution in [0.15, 0.2) is 52.1 Å². The van der Waals surface area contributed by atoms with E-state index in [0.717, 1.165) is 30.6 Å². The lowest BCUT2D eigenvalue weighted by molar-refractivity contribution is 0.279. The second-order valence-electron chi connectivity index (χ2n) is 6.09. The number of oxime groups is 1. The summed E-state index contributed by atoms with van der Waals surface area (Å²) >= 11 is 23.5. The molecule has 0 aliphatic carbocycles. The quantitative estimate of drug-likeness (QED) is 0.148. The summed E-state index contributed by atoms with van der Waals surface area (Å²) in [7, 11) is 0. The average Bonchev–Trinajstić information content (AvgIpc) is 2.70. The van der Waals surface area contributed by atoms with Crippen molar-refractivity contribution in [2.45, 2.75) is 19.3 Å². The predicted octanol–water partition coefficient (Wildman–Crippen LogP) is 7.13. The van der Waals surface area contributed by atoms with E-state index >= 15 is 0 Å². The summed E-state index contributed by atoms with van der Waals surface area (Å²) in [5.74, 6) is 1.70. The molecule has 2 aromatic carbocycles. The third-order valence-electron chi connectivity index (χ3n) is 3.85. The maximum Gasteiger partial charge on any atom is 0.156 e. The first-order chi connectivity index (χ1) is 14.5. The standard InChI is InChI=1S/C21H21Cl4NO4/c22-18-12-17(29-11-8-20(24)25)13-19(23)21(18)30-10-3-1-2-9-28-16-6-4-15(5-7-16)14-26-27/h4-8,12-14,27H,1-3,9-11H2. The molecule has 0 saturated heterocycles. The highest BCUT2D eigenvalue weighted by Gasteiger charge is 2.10. The van der Waals surface area contributed by atoms with Crippen molar-refractivity contribution >= 4 is 52.6 Å². The molecule has 2 aromatic rings. The number of unbranched alkanes of at least 4 members (excludes halogenated alkanes) is 2. The fourth-order valence-corrected chi connectivity index (χ4v) is 3.12. The molecule has 0 heterocycles. The van der Waals surface area contributed by atoms with E-state index in [-0.39, 0.29) is 11.1 Å². The molecule has 0 radical (unpaired) electrons. The van der Waals surface area contributed by atoms with Gasteiger partial charge in [0.25, 0.3) is 0 Å². The van der Waals surface area contributed by atoms with Gasteiger partial charge in [0, 0.05) is 12.1 Å². The summed E-state index contributed by atoms with van der Waals surface area (Å²) in [6, 6.07) is 10.6. The molecule has 0 atom stereocenters. The number of benzene rings is 2. The van der Waals surface area contributed by atoms with Crippen LogP contribution in [-0.2, 0) is 0 Å². The molecule has 0 bridgehead atoms. The minimum Gasteiger partial charge on any atom is -0.494 e. The first-order valence-corrected chi connectivity index (χ1v) is 10.7. The Labute approximate surface area is 195 Å². The lowest BCUT2D eigenvalue weighted by Gasteiger charge is -2.12. The second-order valence-corrected chi connectivity index (χ2v) is 7.91. The molecule has 2 rings (SSSR count). The number of hydrogen-bond acceptors (Lipinski definition) is 5. The summed E-state index contributed by atoms with van der Waals surface area (Å²) in [5, 5.41) is 12.2. The minimum absolute atomic E-state index is 0.128. The second kappa shape index (κ2) is 13.5. The zero-order chi connectivity index (χ0) is 21.8. The van der Waals surface area contributed by atoms with Crippen molar-refractivity contribution in [3.63, 3.8) is 0 Å². The molecule has 9 heteroatoms. The maximum absolute atomic E-state index is 8.49. The van der Waals surface area contributed by atoms with Gasteiger partial charge in [0.05, 0.1) is 29.5 Å². The highest BCUT2D eigenvalue weighted by molar-refractivity contribution is 6.55. The van der Waals surface area contributed by atoms with E-state index in [2.05, 4.69) is 5.16 Å². The topological polar surface area (TPSA) is 60.3 Å². The first kappa shape index (κ1) is 24.5. The predicted molar refractivity (Wildman–Crippen MR) is 122 cm³/mol. The van der Waals surface area contributed by atoms with Gasteiger partial charge in [0.1, 0.15) is 22.6 Å². The lowest BCUT2D eigenvalue weighted by Crippen LogP contribution is -2.02. The highest BCUT2D eigenvalue weighted by atomic mass is 35.5. The average molecular weight is 493 g/mol. The Morgan fingerprint density at radius 2 is 1.50 bits per heavy atom. The van der Waals surface area contributed by atoms with Crippen molar-refractivity contribution in [3.8, 4) is 17.2 Å². The van der Waals surface area contributed by atoms with Crippen LogP contribution in [0.4, 0.5) is 0 Å². The summed E-state index contributed by atoms with van der Waals surface area (Å²) in [6.45, 7) is 1.29. The largest absolute Gasteiger partial charge is 0.494 e. The van der Waals surface area contributed by atoms with Crippen molar-refractivity contribution in [2.75, 3.05) is 19.8 Å². The molecule has 0 aromatic heterocycles. The smallest absolute Gasteiger partial charge is 0.156 e. The van der Waals surface area contributed by atoms with Gasteiger partial charge in [-0.2, -0.15) is 0 Å². The van der Waals surface area contributed by atoms with Crippen molar-refractivity contribution in [1.82, 2.24) is 0 Å². The Morgan fingerprint density at radius 1 is 0.867 bits per heavy atom. The van der Waals surface area contributed by atoms with Crippen molar-refractivity contribution in [2.24, 2.45) is 5.16 Å². The maximum atomic E-state index is 8.49. The van der Waals surface area contributed by atoms with Gasteiger partial charge < -0.3 is 19.4 Å². The van der Waals surface area contributed by atoms with Crippen LogP contribution in [0.2, 0.25) is 10.0 Å². The highest BCUT2D eigenvalue weighted by Crippen LogP contribution is 2.37. The fourth-order valence-electron chi connectivity index (χ4n) is 2.42. The molecule has 0 saturated carbocycles. The normalized spacial score (nSPS) is 10.8. The molecular formula is C21H21Cl4NO4. The van der Waals surface area contributed by atoms with Crippen molar-refractivity contribution in [1.29, 1.82) is 0 Å². The molecular weight excluding hydrogens is 472 g/mol. The minimum atomic E-state index is 0.128. The SMILES string of the molecule is ON=Cc1ccc(OCCCCCOc2c(Cl)cc(OCC=C(Cl)Cl)cc2Cl)cc1. The third-order valence-corrected chi connectivity index (χ3v) is 4.72. The van der Waals surface area contributed by atoms with Gasteiger partial charge in [-0.15, -0.1) is 0 Å². The zero-order valence-electron chi connectivity index (χ0n) is 16.0. The van der Waals surface area contributed by atoms with Crippen LogP contribution in [-0.4, -0.2) is 31.2 Å². The van der Waals surface area contributed by atoms with Crippen LogP contribution in [0.3, 0.4) is 0 Å². The van der Waals surface area contributed by atoms with Crippen LogP contribution in [0, 0.1) is 0 Å². The fraction of sp³-hybridized carbons (Fsp3) is 0.286. The number of rotatable bonds is 12. The summed E-state index contributed by atoms with van der Waals surface area (Å²) in [4.78, 5) is 0. The molecule has 5 nitrogen and oxygen atoms in total. The van der Waals surface area contributed by atoms with Gasteiger partial charge in [-0.1, -0.05) is 51.6 Å². The number of ether oxygens (including phenoxy) is 3. The van der Waals surface area contributed by atoms with E-state index in [9.17, 15) is 0 Å². The van der Waals surface area contributed by atoms with Gasteiger partial charge in [0.2, 0.25) is 0 Å². The first-order valence-electron chi connectivity index (χ1n) is 9.15. The molecule has 0 aliphatic rings. The molecule has 0 spiro atoms. The monoisotopic (exact) mass is 491 g/mol. The molecule has 0 unspecified atom stereocenters. The molecule has 0 aliphatic heterocycles. The Balaban J connectivity index is 1.67. The lowest BCUT2D eigenvalue weighted by atomic mass is 10.2. The van der Waals surface area contributed by atoms with Crippen LogP contribution in [0.5, 0.6) is 17.2 Å². The van der Waals surface area contributed by atoms with Gasteiger partial charge in [-0.3, -0.25) is 0 Å². The van der Waals surface area contributed by atoms with Crippen molar-refractivity contribution < 1.29 is 19.4 Å². The van der Waals surface area contributed by atoms with Crippen molar-refractivity contribution in [3.05, 3.63) is 62.6 Å². The summed E-state index contributed by atoms with van der Waals surface area (Å²) < 4.78 is 17.0. The molecule has 0 amide bonds. The molecule has 0 fully saturated rings. The number of nitrogens with zero attached hydrogens (tertiary/aromatic N) is 1. The van der Waals surface area contributed by atoms with E-state index in [1.807, 2.05) is 24.3 Å². The molecule has 30 heavy (non-hydrogen) atoms. The van der Waals surface area contributed by atoms with Crippen LogP contribution in [0.1, 0.15) is 24.8 Å². The van der Waals surface area contributed by atoms with Crippen LogP contribution < -0.4 is 14.2 Å².